The summed E-state index contributed by atoms with van der Waals surface area (Å²) in [5, 5.41) is 12.7. The maximum Gasteiger partial charge on any atom is 0.405 e. The third-order valence-electron chi connectivity index (χ3n) is 9.05. The van der Waals surface area contributed by atoms with Crippen molar-refractivity contribution in [3.8, 4) is 24.2 Å². The highest BCUT2D eigenvalue weighted by Crippen LogP contribution is 2.24. The average Bonchev–Trinajstić information content (AvgIpc) is 3.64. The van der Waals surface area contributed by atoms with Crippen LogP contribution in [-0.4, -0.2) is 71.4 Å². The summed E-state index contributed by atoms with van der Waals surface area (Å²) in [5.41, 5.74) is 13.0. The van der Waals surface area contributed by atoms with Crippen LogP contribution in [0.1, 0.15) is 54.2 Å². The van der Waals surface area contributed by atoms with Gasteiger partial charge in [-0.25, -0.2) is 0 Å². The number of nitrogens with one attached hydrogen (secondary N) is 1. The molecule has 0 bridgehead atoms. The summed E-state index contributed by atoms with van der Waals surface area (Å²) in [6.45, 7) is 17.7. The smallest absolute Gasteiger partial charge is 0.405 e. The number of alkyl halides is 3. The van der Waals surface area contributed by atoms with E-state index in [0.717, 1.165) is 68.0 Å². The first-order chi connectivity index (χ1) is 26.4. The Kier molecular flexibility index (Phi) is 21.3. The van der Waals surface area contributed by atoms with E-state index in [4.69, 9.17) is 10.2 Å². The minimum Gasteiger partial charge on any atom is -0.460 e. The second kappa shape index (κ2) is 25.3. The van der Waals surface area contributed by atoms with Crippen LogP contribution in [0.4, 0.5) is 13.2 Å². The van der Waals surface area contributed by atoms with Gasteiger partial charge in [-0.3, -0.25) is 14.8 Å². The van der Waals surface area contributed by atoms with E-state index >= 15 is 0 Å². The average molecular weight is 760 g/mol. The van der Waals surface area contributed by atoms with Gasteiger partial charge >= 0.3 is 6.18 Å². The number of rotatable bonds is 15. The van der Waals surface area contributed by atoms with Crippen LogP contribution in [0, 0.1) is 32.6 Å². The van der Waals surface area contributed by atoms with Gasteiger partial charge in [-0.05, 0) is 86.2 Å². The third kappa shape index (κ3) is 18.9. The van der Waals surface area contributed by atoms with Crippen LogP contribution >= 0.6 is 0 Å². The van der Waals surface area contributed by atoms with Gasteiger partial charge in [0, 0.05) is 62.3 Å². The van der Waals surface area contributed by atoms with Gasteiger partial charge in [0.1, 0.15) is 18.1 Å². The summed E-state index contributed by atoms with van der Waals surface area (Å²) in [6.07, 6.45) is 13.4. The molecule has 298 valence electrons. The number of hydrogen-bond donors (Lipinski definition) is 3. The molecule has 0 amide bonds. The third-order valence-corrected chi connectivity index (χ3v) is 9.05. The van der Waals surface area contributed by atoms with Crippen molar-refractivity contribution in [3.05, 3.63) is 138 Å². The number of nitrogens with zero attached hydrogens (tertiary/aromatic N) is 3. The minimum atomic E-state index is -4.13. The van der Waals surface area contributed by atoms with E-state index in [-0.39, 0.29) is 5.92 Å². The highest BCUT2D eigenvalue weighted by atomic mass is 19.4. The van der Waals surface area contributed by atoms with E-state index in [9.17, 15) is 18.3 Å². The molecule has 0 aliphatic carbocycles. The zero-order chi connectivity index (χ0) is 40.6. The highest BCUT2D eigenvalue weighted by Gasteiger charge is 2.25. The van der Waals surface area contributed by atoms with Crippen LogP contribution < -0.4 is 11.1 Å². The van der Waals surface area contributed by atoms with Crippen molar-refractivity contribution in [2.24, 2.45) is 11.7 Å². The number of aryl methyl sites for hydroxylation is 3. The van der Waals surface area contributed by atoms with E-state index in [1.165, 1.54) is 36.0 Å². The first-order valence-corrected chi connectivity index (χ1v) is 18.8. The number of aliphatic hydroxyl groups is 1. The van der Waals surface area contributed by atoms with Crippen LogP contribution in [0.2, 0.25) is 0 Å². The quantitative estimate of drug-likeness (QED) is 0.105. The minimum absolute atomic E-state index is 0.0791. The van der Waals surface area contributed by atoms with Gasteiger partial charge in [-0.15, -0.1) is 12.8 Å². The lowest BCUT2D eigenvalue weighted by molar-refractivity contribution is -0.122. The zero-order valence-corrected chi connectivity index (χ0v) is 32.8. The lowest BCUT2D eigenvalue weighted by atomic mass is 9.91. The Balaban J connectivity index is 0.000000407. The van der Waals surface area contributed by atoms with Gasteiger partial charge in [0.05, 0.1) is 12.6 Å². The summed E-state index contributed by atoms with van der Waals surface area (Å²) in [4.78, 5) is 9.00. The fourth-order valence-corrected chi connectivity index (χ4v) is 6.07. The van der Waals surface area contributed by atoms with Gasteiger partial charge in [0.2, 0.25) is 0 Å². The van der Waals surface area contributed by atoms with Crippen molar-refractivity contribution in [1.82, 2.24) is 20.1 Å². The van der Waals surface area contributed by atoms with Crippen LogP contribution in [0.25, 0.3) is 11.3 Å². The number of pyridine rings is 1. The molecular weight excluding hydrogens is 700 g/mol. The van der Waals surface area contributed by atoms with E-state index < -0.39 is 18.8 Å². The molecule has 5 rings (SSSR count). The predicted octanol–water partition coefficient (Wildman–Crippen LogP) is 8.72. The fraction of sp³-hybridized carbons (Fsp3) is 0.400. The molecule has 0 saturated carbocycles. The molecule has 2 aromatic heterocycles. The molecule has 4 aromatic rings. The molecule has 1 saturated heterocycles. The molecule has 7 nitrogen and oxygen atoms in total. The van der Waals surface area contributed by atoms with Gasteiger partial charge in [-0.1, -0.05) is 81.1 Å². The first kappa shape index (κ1) is 46.3. The maximum atomic E-state index is 11.1. The van der Waals surface area contributed by atoms with Crippen molar-refractivity contribution >= 4 is 0 Å². The molecular formula is C45H60F3N5O2. The van der Waals surface area contributed by atoms with Gasteiger partial charge < -0.3 is 20.6 Å². The summed E-state index contributed by atoms with van der Waals surface area (Å²) in [7, 11) is 0. The molecule has 3 heterocycles. The summed E-state index contributed by atoms with van der Waals surface area (Å²) < 4.78 is 39.5. The van der Waals surface area contributed by atoms with Crippen molar-refractivity contribution in [2.45, 2.75) is 71.7 Å². The van der Waals surface area contributed by atoms with Gasteiger partial charge in [0.25, 0.3) is 0 Å². The lowest BCUT2D eigenvalue weighted by Gasteiger charge is -2.35. The van der Waals surface area contributed by atoms with Crippen LogP contribution in [0.5, 0.6) is 0 Å². The molecule has 1 aliphatic heterocycles. The summed E-state index contributed by atoms with van der Waals surface area (Å²) >= 11 is 0. The maximum absolute atomic E-state index is 11.1. The Labute approximate surface area is 327 Å². The first-order valence-electron chi connectivity index (χ1n) is 18.8. The Bertz CT molecular complexity index is 1680. The molecule has 55 heavy (non-hydrogen) atoms. The molecule has 1 aliphatic rings. The number of β-amino-alcohol motifs (C(OH)–C–C–N with tert-alkyl or cyclic N) is 1. The molecule has 1 fully saturated rings. The number of furan rings is 1. The number of benzene rings is 2. The number of hydrogen-bond acceptors (Lipinski definition) is 7. The molecule has 0 spiro atoms. The summed E-state index contributed by atoms with van der Waals surface area (Å²) in [6, 6.07) is 25.1. The van der Waals surface area contributed by atoms with Crippen LogP contribution in [-0.2, 0) is 19.4 Å². The van der Waals surface area contributed by atoms with Crippen molar-refractivity contribution in [2.75, 3.05) is 39.3 Å². The number of nitrogens with two attached hydrogens (primary N) is 1. The summed E-state index contributed by atoms with van der Waals surface area (Å²) in [5.74, 6) is 1.91. The van der Waals surface area contributed by atoms with Crippen molar-refractivity contribution in [1.29, 1.82) is 0 Å². The Morgan fingerprint density at radius 1 is 1.00 bits per heavy atom. The standard InChI is InChI=1S/C28H36N4O2.C11H16.C4H6F3N.C2H2/c1-21-14-25(18-30-17-21)28-9-8-27(34-28)20-32-12-10-31(11-13-32)19-26(33)16-24(22(2)29)15-23-6-4-3-5-7-23;1-3-4-8-11-9-6-5-7-10(11)2;1-2-8-3-4(5,6)7;1-2/h3-9,14,17-18,24,26,33H,2,10-13,15-16,19-20,29H2,1H3;5-7,9H,3-4,8H2,1-2H3;2,8H,1,3H2;1-2H. The number of aromatic nitrogens is 1. The number of terminal acetylenes is 1. The largest absolute Gasteiger partial charge is 0.460 e. The Morgan fingerprint density at radius 2 is 1.65 bits per heavy atom. The predicted molar refractivity (Wildman–Crippen MR) is 220 cm³/mol. The SMILES string of the molecule is C#C.C=C(N)C(Cc1ccccc1)CC(O)CN1CCN(Cc2ccc(-c3cncc(C)c3)o2)CC1.C=CNCC(F)(F)F.CCCCc1ccccc1C. The van der Waals surface area contributed by atoms with Crippen LogP contribution in [0.15, 0.2) is 115 Å². The molecule has 0 radical (unpaired) electrons. The number of allylic oxidation sites excluding steroid dienone is 1. The van der Waals surface area contributed by atoms with Crippen LogP contribution in [0.3, 0.4) is 0 Å². The fourth-order valence-electron chi connectivity index (χ4n) is 6.07. The number of aliphatic hydroxyl groups excluding tert-OH is 1. The molecule has 10 heteroatoms. The van der Waals surface area contributed by atoms with Crippen molar-refractivity contribution < 1.29 is 22.7 Å². The second-order valence-electron chi connectivity index (χ2n) is 13.7. The normalized spacial score (nSPS) is 14.1. The Morgan fingerprint density at radius 3 is 2.24 bits per heavy atom. The van der Waals surface area contributed by atoms with E-state index in [1.54, 1.807) is 0 Å². The lowest BCUT2D eigenvalue weighted by Crippen LogP contribution is -2.48. The second-order valence-corrected chi connectivity index (χ2v) is 13.7. The van der Waals surface area contributed by atoms with E-state index in [2.05, 4.69) is 103 Å². The number of halogens is 3. The Hall–Kier alpha value is -4.82. The topological polar surface area (TPSA) is 90.8 Å². The number of piperazine rings is 1. The molecule has 2 unspecified atom stereocenters. The van der Waals surface area contributed by atoms with E-state index in [1.807, 2.05) is 48.9 Å². The van der Waals surface area contributed by atoms with Gasteiger partial charge in [-0.2, -0.15) is 13.2 Å². The molecule has 4 N–H and O–H groups in total. The van der Waals surface area contributed by atoms with Gasteiger partial charge in [0.15, 0.2) is 0 Å². The number of unbranched alkanes of at least 4 members (excludes halogenated alkanes) is 1. The molecule has 2 atom stereocenters. The monoisotopic (exact) mass is 759 g/mol. The highest BCUT2D eigenvalue weighted by molar-refractivity contribution is 5.57. The molecule has 2 aromatic carbocycles. The van der Waals surface area contributed by atoms with E-state index in [0.29, 0.717) is 18.7 Å². The zero-order valence-electron chi connectivity index (χ0n) is 32.8. The van der Waals surface area contributed by atoms with Crippen molar-refractivity contribution in [3.63, 3.8) is 0 Å².